The normalized spacial score (nSPS) is 14.7. The Bertz CT molecular complexity index is 739. The Morgan fingerprint density at radius 1 is 1.33 bits per heavy atom. The van der Waals surface area contributed by atoms with Gasteiger partial charge < -0.3 is 10.0 Å². The lowest BCUT2D eigenvalue weighted by molar-refractivity contribution is 0.0364. The van der Waals surface area contributed by atoms with E-state index in [-0.39, 0.29) is 12.5 Å². The first-order chi connectivity index (χ1) is 11.3. The van der Waals surface area contributed by atoms with E-state index in [9.17, 15) is 9.90 Å². The number of aryl methyl sites for hydroxylation is 1. The summed E-state index contributed by atoms with van der Waals surface area (Å²) >= 11 is 0. The number of aliphatic hydroxyl groups is 1. The van der Waals surface area contributed by atoms with Crippen LogP contribution in [0.15, 0.2) is 24.3 Å². The summed E-state index contributed by atoms with van der Waals surface area (Å²) in [6.07, 6.45) is 2.10. The fraction of sp³-hybridized carbons (Fsp3) is 0.500. The maximum absolute atomic E-state index is 12.8. The van der Waals surface area contributed by atoms with Gasteiger partial charge in [-0.15, -0.1) is 5.10 Å². The van der Waals surface area contributed by atoms with Crippen LogP contribution in [-0.4, -0.2) is 50.1 Å². The molecule has 6 nitrogen and oxygen atoms in total. The van der Waals surface area contributed by atoms with Crippen molar-refractivity contribution in [2.45, 2.75) is 45.1 Å². The summed E-state index contributed by atoms with van der Waals surface area (Å²) < 4.78 is 1.78. The Hall–Kier alpha value is -2.21. The van der Waals surface area contributed by atoms with E-state index >= 15 is 0 Å². The molecule has 3 rings (SSSR count). The van der Waals surface area contributed by atoms with E-state index in [4.69, 9.17) is 0 Å². The standard InChI is InChI=1S/C18H24N4O2/c1-12-5-9-14(10-6-12)22-16(13-7-8-13)15(19-20-22)17(23)21(4)11-18(2,3)24/h5-6,9-10,13,24H,7-8,11H2,1-4H3. The summed E-state index contributed by atoms with van der Waals surface area (Å²) in [5, 5.41) is 18.4. The van der Waals surface area contributed by atoms with Crippen LogP contribution in [0.3, 0.4) is 0 Å². The minimum Gasteiger partial charge on any atom is -0.389 e. The Labute approximate surface area is 142 Å². The lowest BCUT2D eigenvalue weighted by Crippen LogP contribution is -2.40. The average Bonchev–Trinajstić information content (AvgIpc) is 3.24. The van der Waals surface area contributed by atoms with Gasteiger partial charge >= 0.3 is 0 Å². The van der Waals surface area contributed by atoms with Crippen LogP contribution in [0.2, 0.25) is 0 Å². The molecule has 6 heteroatoms. The number of hydrogen-bond donors (Lipinski definition) is 1. The van der Waals surface area contributed by atoms with Crippen LogP contribution >= 0.6 is 0 Å². The van der Waals surface area contributed by atoms with Crippen LogP contribution in [-0.2, 0) is 0 Å². The van der Waals surface area contributed by atoms with Gasteiger partial charge in [0.2, 0.25) is 0 Å². The molecule has 1 heterocycles. The van der Waals surface area contributed by atoms with Crippen molar-refractivity contribution >= 4 is 5.91 Å². The van der Waals surface area contributed by atoms with Gasteiger partial charge in [-0.25, -0.2) is 4.68 Å². The molecule has 1 N–H and O–H groups in total. The van der Waals surface area contributed by atoms with Crippen LogP contribution in [0.4, 0.5) is 0 Å². The lowest BCUT2D eigenvalue weighted by atomic mass is 10.1. The predicted molar refractivity (Wildman–Crippen MR) is 91.3 cm³/mol. The highest BCUT2D eigenvalue weighted by Crippen LogP contribution is 2.42. The second-order valence-electron chi connectivity index (χ2n) is 7.32. The molecular formula is C18H24N4O2. The predicted octanol–water partition coefficient (Wildman–Crippen LogP) is 2.30. The van der Waals surface area contributed by atoms with E-state index in [0.29, 0.717) is 11.6 Å². The third-order valence-electron chi connectivity index (χ3n) is 4.12. The monoisotopic (exact) mass is 328 g/mol. The zero-order chi connectivity index (χ0) is 17.5. The molecule has 0 unspecified atom stereocenters. The smallest absolute Gasteiger partial charge is 0.276 e. The first-order valence-electron chi connectivity index (χ1n) is 8.27. The van der Waals surface area contributed by atoms with E-state index in [1.807, 2.05) is 31.2 Å². The van der Waals surface area contributed by atoms with E-state index in [0.717, 1.165) is 24.2 Å². The topological polar surface area (TPSA) is 71.2 Å². The van der Waals surface area contributed by atoms with Gasteiger partial charge in [-0.05, 0) is 45.7 Å². The average molecular weight is 328 g/mol. The highest BCUT2D eigenvalue weighted by atomic mass is 16.3. The first kappa shape index (κ1) is 16.6. The summed E-state index contributed by atoms with van der Waals surface area (Å²) in [4.78, 5) is 14.3. The number of likely N-dealkylation sites (N-methyl/N-ethyl adjacent to an activating group) is 1. The summed E-state index contributed by atoms with van der Waals surface area (Å²) in [5.41, 5.74) is 2.42. The molecule has 1 fully saturated rings. The summed E-state index contributed by atoms with van der Waals surface area (Å²) in [5.74, 6) is 0.133. The third kappa shape index (κ3) is 3.48. The molecule has 0 atom stereocenters. The van der Waals surface area contributed by atoms with Gasteiger partial charge in [-0.2, -0.15) is 0 Å². The molecule has 1 aromatic carbocycles. The number of carbonyl (C=O) groups excluding carboxylic acids is 1. The van der Waals surface area contributed by atoms with Crippen LogP contribution in [0.5, 0.6) is 0 Å². The van der Waals surface area contributed by atoms with Gasteiger partial charge in [0.1, 0.15) is 0 Å². The number of rotatable bonds is 5. The zero-order valence-corrected chi connectivity index (χ0v) is 14.7. The number of carbonyl (C=O) groups is 1. The zero-order valence-electron chi connectivity index (χ0n) is 14.7. The van der Waals surface area contributed by atoms with Crippen LogP contribution < -0.4 is 0 Å². The van der Waals surface area contributed by atoms with E-state index in [1.54, 1.807) is 25.6 Å². The van der Waals surface area contributed by atoms with Gasteiger partial charge in [-0.3, -0.25) is 4.79 Å². The maximum atomic E-state index is 12.8. The summed E-state index contributed by atoms with van der Waals surface area (Å²) in [6, 6.07) is 8.03. The fourth-order valence-corrected chi connectivity index (χ4v) is 2.87. The quantitative estimate of drug-likeness (QED) is 0.914. The second-order valence-corrected chi connectivity index (χ2v) is 7.32. The van der Waals surface area contributed by atoms with Crippen LogP contribution in [0.25, 0.3) is 5.69 Å². The van der Waals surface area contributed by atoms with Crippen molar-refractivity contribution in [1.82, 2.24) is 19.9 Å². The SMILES string of the molecule is Cc1ccc(-n2nnc(C(=O)N(C)CC(C)(C)O)c2C2CC2)cc1. The summed E-state index contributed by atoms with van der Waals surface area (Å²) in [6.45, 7) is 5.64. The number of nitrogens with zero attached hydrogens (tertiary/aromatic N) is 4. The van der Waals surface area contributed by atoms with Crippen molar-refractivity contribution in [1.29, 1.82) is 0 Å². The van der Waals surface area contributed by atoms with E-state index in [1.165, 1.54) is 10.5 Å². The number of benzene rings is 1. The largest absolute Gasteiger partial charge is 0.389 e. The molecule has 1 saturated carbocycles. The Kier molecular flexibility index (Phi) is 4.17. The molecule has 1 amide bonds. The lowest BCUT2D eigenvalue weighted by Gasteiger charge is -2.25. The molecule has 1 aliphatic carbocycles. The highest BCUT2D eigenvalue weighted by molar-refractivity contribution is 5.93. The molecule has 2 aromatic rings. The molecule has 0 radical (unpaired) electrons. The molecule has 0 aliphatic heterocycles. The fourth-order valence-electron chi connectivity index (χ4n) is 2.87. The van der Waals surface area contributed by atoms with Gasteiger partial charge in [0.25, 0.3) is 5.91 Å². The Morgan fingerprint density at radius 2 is 1.96 bits per heavy atom. The third-order valence-corrected chi connectivity index (χ3v) is 4.12. The van der Waals surface area contributed by atoms with Crippen molar-refractivity contribution in [3.05, 3.63) is 41.2 Å². The molecule has 0 bridgehead atoms. The van der Waals surface area contributed by atoms with Gasteiger partial charge in [-0.1, -0.05) is 22.9 Å². The Morgan fingerprint density at radius 3 is 2.50 bits per heavy atom. The molecule has 0 saturated heterocycles. The molecular weight excluding hydrogens is 304 g/mol. The number of hydrogen-bond acceptors (Lipinski definition) is 4. The van der Waals surface area contributed by atoms with Crippen LogP contribution in [0.1, 0.15) is 54.4 Å². The minimum atomic E-state index is -0.947. The van der Waals surface area contributed by atoms with E-state index < -0.39 is 5.60 Å². The summed E-state index contributed by atoms with van der Waals surface area (Å²) in [7, 11) is 1.68. The van der Waals surface area contributed by atoms with Crippen molar-refractivity contribution in [3.63, 3.8) is 0 Å². The highest BCUT2D eigenvalue weighted by Gasteiger charge is 2.35. The minimum absolute atomic E-state index is 0.197. The van der Waals surface area contributed by atoms with E-state index in [2.05, 4.69) is 10.3 Å². The van der Waals surface area contributed by atoms with Gasteiger partial charge in [0, 0.05) is 19.5 Å². The van der Waals surface area contributed by atoms with Crippen LogP contribution in [0, 0.1) is 6.92 Å². The number of amides is 1. The molecule has 0 spiro atoms. The van der Waals surface area contributed by atoms with Crippen molar-refractivity contribution in [3.8, 4) is 5.69 Å². The molecule has 1 aromatic heterocycles. The second kappa shape index (κ2) is 6.02. The first-order valence-corrected chi connectivity index (χ1v) is 8.27. The van der Waals surface area contributed by atoms with Crippen molar-refractivity contribution in [2.75, 3.05) is 13.6 Å². The van der Waals surface area contributed by atoms with Crippen molar-refractivity contribution in [2.24, 2.45) is 0 Å². The van der Waals surface area contributed by atoms with Crippen molar-refractivity contribution < 1.29 is 9.90 Å². The number of aromatic nitrogens is 3. The van der Waals surface area contributed by atoms with Gasteiger partial charge in [0.05, 0.1) is 17.0 Å². The molecule has 1 aliphatic rings. The maximum Gasteiger partial charge on any atom is 0.276 e. The Balaban J connectivity index is 1.95. The molecule has 24 heavy (non-hydrogen) atoms. The van der Waals surface area contributed by atoms with Gasteiger partial charge in [0.15, 0.2) is 5.69 Å². The molecule has 128 valence electrons.